The molecule has 0 amide bonds. The van der Waals surface area contributed by atoms with E-state index < -0.39 is 0 Å². The first kappa shape index (κ1) is 9.05. The van der Waals surface area contributed by atoms with Crippen molar-refractivity contribution in [2.24, 2.45) is 11.8 Å². The van der Waals surface area contributed by atoms with Gasteiger partial charge in [0, 0.05) is 6.04 Å². The van der Waals surface area contributed by atoms with Gasteiger partial charge < -0.3 is 5.32 Å². The zero-order valence-corrected chi connectivity index (χ0v) is 8.06. The van der Waals surface area contributed by atoms with Crippen molar-refractivity contribution in [2.45, 2.75) is 46.1 Å². The Morgan fingerprint density at radius 3 is 2.55 bits per heavy atom. The van der Waals surface area contributed by atoms with E-state index in [1.165, 1.54) is 25.8 Å². The molecule has 2 aliphatic rings. The van der Waals surface area contributed by atoms with Crippen LogP contribution in [0.25, 0.3) is 0 Å². The third-order valence-corrected chi connectivity index (χ3v) is 3.03. The Hall–Kier alpha value is -0.0400. The molecule has 3 atom stereocenters. The predicted octanol–water partition coefficient (Wildman–Crippen LogP) is 2.42. The van der Waals surface area contributed by atoms with Gasteiger partial charge in [0.05, 0.1) is 0 Å². The van der Waals surface area contributed by atoms with Gasteiger partial charge in [0.1, 0.15) is 0 Å². The molecule has 1 aliphatic heterocycles. The van der Waals surface area contributed by atoms with Crippen molar-refractivity contribution in [2.75, 3.05) is 6.54 Å². The highest BCUT2D eigenvalue weighted by atomic mass is 15.0. The minimum atomic E-state index is 0.895. The lowest BCUT2D eigenvalue weighted by Crippen LogP contribution is -2.21. The van der Waals surface area contributed by atoms with Gasteiger partial charge in [-0.15, -0.1) is 0 Å². The first-order chi connectivity index (χ1) is 5.36. The molecule has 1 nitrogen and oxygen atoms in total. The number of fused-ring (bicyclic) bond motifs is 2. The van der Waals surface area contributed by atoms with Gasteiger partial charge in [-0.2, -0.15) is 0 Å². The van der Waals surface area contributed by atoms with Gasteiger partial charge in [0.15, 0.2) is 0 Å². The molecule has 1 heteroatoms. The third-order valence-electron chi connectivity index (χ3n) is 3.03. The normalized spacial score (nSPS) is 41.2. The van der Waals surface area contributed by atoms with Gasteiger partial charge >= 0.3 is 0 Å². The van der Waals surface area contributed by atoms with Gasteiger partial charge in [-0.3, -0.25) is 0 Å². The molecule has 11 heavy (non-hydrogen) atoms. The standard InChI is InChI=1S/C8H15N.C2H6/c1-6-2-3-8-4-7(6)5-9-8;1-2/h6-9H,2-5H2,1H3;1-2H3. The summed E-state index contributed by atoms with van der Waals surface area (Å²) in [5, 5.41) is 3.55. The van der Waals surface area contributed by atoms with Gasteiger partial charge in [0.2, 0.25) is 0 Å². The Morgan fingerprint density at radius 1 is 1.18 bits per heavy atom. The first-order valence-electron chi connectivity index (χ1n) is 5.09. The minimum absolute atomic E-state index is 0.895. The average Bonchev–Trinajstić information content (AvgIpc) is 2.46. The predicted molar refractivity (Wildman–Crippen MR) is 49.6 cm³/mol. The van der Waals surface area contributed by atoms with E-state index in [9.17, 15) is 0 Å². The van der Waals surface area contributed by atoms with Crippen molar-refractivity contribution in [3.63, 3.8) is 0 Å². The van der Waals surface area contributed by atoms with E-state index >= 15 is 0 Å². The first-order valence-corrected chi connectivity index (χ1v) is 5.09. The molecule has 1 aliphatic carbocycles. The minimum Gasteiger partial charge on any atom is -0.314 e. The van der Waals surface area contributed by atoms with Crippen LogP contribution in [0.2, 0.25) is 0 Å². The summed E-state index contributed by atoms with van der Waals surface area (Å²) in [7, 11) is 0. The molecule has 66 valence electrons. The van der Waals surface area contributed by atoms with Crippen LogP contribution in [0.15, 0.2) is 0 Å². The molecular formula is C10H21N. The summed E-state index contributed by atoms with van der Waals surface area (Å²) in [6.07, 6.45) is 4.35. The zero-order chi connectivity index (χ0) is 8.27. The average molecular weight is 155 g/mol. The van der Waals surface area contributed by atoms with Crippen LogP contribution in [0.1, 0.15) is 40.0 Å². The molecule has 0 aromatic heterocycles. The Labute approximate surface area is 70.6 Å². The van der Waals surface area contributed by atoms with Crippen LogP contribution in [0.3, 0.4) is 0 Å². The molecule has 0 aromatic carbocycles. The molecule has 0 radical (unpaired) electrons. The van der Waals surface area contributed by atoms with Crippen LogP contribution in [0, 0.1) is 11.8 Å². The summed E-state index contributed by atoms with van der Waals surface area (Å²) in [6, 6.07) is 0.895. The second kappa shape index (κ2) is 4.10. The van der Waals surface area contributed by atoms with E-state index in [-0.39, 0.29) is 0 Å². The lowest BCUT2D eigenvalue weighted by molar-refractivity contribution is 0.301. The van der Waals surface area contributed by atoms with Crippen molar-refractivity contribution in [3.8, 4) is 0 Å². The fourth-order valence-corrected chi connectivity index (χ4v) is 2.20. The highest BCUT2D eigenvalue weighted by Gasteiger charge is 2.32. The Morgan fingerprint density at radius 2 is 1.91 bits per heavy atom. The van der Waals surface area contributed by atoms with Crippen LogP contribution >= 0.6 is 0 Å². The number of nitrogens with one attached hydrogen (secondary N) is 1. The quantitative estimate of drug-likeness (QED) is 0.566. The van der Waals surface area contributed by atoms with Gasteiger partial charge in [-0.25, -0.2) is 0 Å². The van der Waals surface area contributed by atoms with Crippen LogP contribution < -0.4 is 5.32 Å². The molecule has 1 N–H and O–H groups in total. The van der Waals surface area contributed by atoms with Gasteiger partial charge in [-0.1, -0.05) is 20.8 Å². The van der Waals surface area contributed by atoms with Crippen molar-refractivity contribution in [1.29, 1.82) is 0 Å². The lowest BCUT2D eigenvalue weighted by Gasteiger charge is -2.23. The third kappa shape index (κ3) is 1.96. The summed E-state index contributed by atoms with van der Waals surface area (Å²) >= 11 is 0. The highest BCUT2D eigenvalue weighted by molar-refractivity contribution is 4.89. The van der Waals surface area contributed by atoms with Crippen LogP contribution in [0.5, 0.6) is 0 Å². The van der Waals surface area contributed by atoms with Crippen LogP contribution in [0.4, 0.5) is 0 Å². The summed E-state index contributed by atoms with van der Waals surface area (Å²) in [4.78, 5) is 0. The number of rotatable bonds is 0. The molecule has 2 fully saturated rings. The van der Waals surface area contributed by atoms with E-state index in [0.717, 1.165) is 17.9 Å². The molecule has 0 spiro atoms. The molecule has 3 unspecified atom stereocenters. The van der Waals surface area contributed by atoms with Crippen molar-refractivity contribution < 1.29 is 0 Å². The second-order valence-electron chi connectivity index (χ2n) is 3.66. The van der Waals surface area contributed by atoms with E-state index in [4.69, 9.17) is 0 Å². The fourth-order valence-electron chi connectivity index (χ4n) is 2.20. The Bertz CT molecular complexity index is 111. The maximum atomic E-state index is 3.55. The fraction of sp³-hybridized carbons (Fsp3) is 1.00. The maximum Gasteiger partial charge on any atom is 0.00704 e. The van der Waals surface area contributed by atoms with E-state index in [2.05, 4.69) is 12.2 Å². The van der Waals surface area contributed by atoms with Crippen molar-refractivity contribution >= 4 is 0 Å². The lowest BCUT2D eigenvalue weighted by atomic mass is 9.82. The molecule has 2 rings (SSSR count). The smallest absolute Gasteiger partial charge is 0.00704 e. The maximum absolute atomic E-state index is 3.55. The molecule has 1 heterocycles. The van der Waals surface area contributed by atoms with E-state index in [1.807, 2.05) is 13.8 Å². The van der Waals surface area contributed by atoms with E-state index in [0.29, 0.717) is 0 Å². The summed E-state index contributed by atoms with van der Waals surface area (Å²) in [5.74, 6) is 2.01. The molecule has 1 saturated carbocycles. The largest absolute Gasteiger partial charge is 0.314 e. The van der Waals surface area contributed by atoms with E-state index in [1.54, 1.807) is 0 Å². The molecule has 1 saturated heterocycles. The Kier molecular flexibility index (Phi) is 3.38. The van der Waals surface area contributed by atoms with Gasteiger partial charge in [0.25, 0.3) is 0 Å². The summed E-state index contributed by atoms with van der Waals surface area (Å²) in [6.45, 7) is 7.69. The van der Waals surface area contributed by atoms with Crippen LogP contribution in [-0.2, 0) is 0 Å². The second-order valence-corrected chi connectivity index (χ2v) is 3.66. The monoisotopic (exact) mass is 155 g/mol. The highest BCUT2D eigenvalue weighted by Crippen LogP contribution is 2.33. The summed E-state index contributed by atoms with van der Waals surface area (Å²) < 4.78 is 0. The molecule has 2 bridgehead atoms. The summed E-state index contributed by atoms with van der Waals surface area (Å²) in [5.41, 5.74) is 0. The Balaban J connectivity index is 0.000000281. The number of hydrogen-bond acceptors (Lipinski definition) is 1. The van der Waals surface area contributed by atoms with Crippen molar-refractivity contribution in [1.82, 2.24) is 5.32 Å². The zero-order valence-electron chi connectivity index (χ0n) is 8.06. The molecular weight excluding hydrogens is 134 g/mol. The van der Waals surface area contributed by atoms with Gasteiger partial charge in [-0.05, 0) is 37.6 Å². The molecule has 0 aromatic rings. The van der Waals surface area contributed by atoms with Crippen molar-refractivity contribution in [3.05, 3.63) is 0 Å². The number of hydrogen-bond donors (Lipinski definition) is 1. The topological polar surface area (TPSA) is 12.0 Å². The van der Waals surface area contributed by atoms with Crippen LogP contribution in [-0.4, -0.2) is 12.6 Å². The SMILES string of the molecule is CC.CC1CCC2CC1CN2.